The minimum Gasteiger partial charge on any atom is -0.393 e. The average molecular weight is 296 g/mol. The van der Waals surface area contributed by atoms with Crippen molar-refractivity contribution in [3.05, 3.63) is 63.9 Å². The molecule has 0 amide bonds. The SMILES string of the molecule is OC(CCc1ccncc1)Cc1cc(Cl)ccc1Cl. The number of aromatic nitrogens is 1. The molecule has 0 aliphatic heterocycles. The number of nitrogens with zero attached hydrogens (tertiary/aromatic N) is 1. The monoisotopic (exact) mass is 295 g/mol. The standard InChI is InChI=1S/C15H15Cl2NO/c16-13-2-4-15(17)12(9-13)10-14(19)3-1-11-5-7-18-8-6-11/h2,4-9,14,19H,1,3,10H2. The maximum Gasteiger partial charge on any atom is 0.0584 e. The molecule has 0 bridgehead atoms. The van der Waals surface area contributed by atoms with E-state index in [1.54, 1.807) is 30.6 Å². The average Bonchev–Trinajstić information content (AvgIpc) is 2.42. The summed E-state index contributed by atoms with van der Waals surface area (Å²) in [4.78, 5) is 3.97. The van der Waals surface area contributed by atoms with E-state index in [-0.39, 0.29) is 0 Å². The Morgan fingerprint density at radius 1 is 1.11 bits per heavy atom. The van der Waals surface area contributed by atoms with Crippen LogP contribution in [0.15, 0.2) is 42.7 Å². The Kier molecular flexibility index (Phi) is 5.20. The zero-order chi connectivity index (χ0) is 13.7. The maximum absolute atomic E-state index is 10.1. The second-order valence-corrected chi connectivity index (χ2v) is 5.33. The molecule has 1 aromatic heterocycles. The van der Waals surface area contributed by atoms with E-state index >= 15 is 0 Å². The van der Waals surface area contributed by atoms with Gasteiger partial charge in [-0.3, -0.25) is 4.98 Å². The highest BCUT2D eigenvalue weighted by Crippen LogP contribution is 2.22. The fraction of sp³-hybridized carbons (Fsp3) is 0.267. The molecule has 2 rings (SSSR count). The fourth-order valence-electron chi connectivity index (χ4n) is 1.94. The number of halogens is 2. The van der Waals surface area contributed by atoms with Crippen LogP contribution in [0.1, 0.15) is 17.5 Å². The lowest BCUT2D eigenvalue weighted by molar-refractivity contribution is 0.165. The van der Waals surface area contributed by atoms with Gasteiger partial charge in [-0.2, -0.15) is 0 Å². The Balaban J connectivity index is 1.90. The summed E-state index contributed by atoms with van der Waals surface area (Å²) in [7, 11) is 0. The van der Waals surface area contributed by atoms with Crippen molar-refractivity contribution < 1.29 is 5.11 Å². The smallest absolute Gasteiger partial charge is 0.0584 e. The van der Waals surface area contributed by atoms with Gasteiger partial charge in [0.05, 0.1) is 6.10 Å². The van der Waals surface area contributed by atoms with Crippen LogP contribution in [0.4, 0.5) is 0 Å². The summed E-state index contributed by atoms with van der Waals surface area (Å²) in [6.45, 7) is 0. The number of rotatable bonds is 5. The number of aliphatic hydroxyl groups excluding tert-OH is 1. The van der Waals surface area contributed by atoms with Crippen molar-refractivity contribution in [3.63, 3.8) is 0 Å². The van der Waals surface area contributed by atoms with Gasteiger partial charge < -0.3 is 5.11 Å². The third kappa shape index (κ3) is 4.50. The van der Waals surface area contributed by atoms with Gasteiger partial charge in [-0.1, -0.05) is 23.2 Å². The van der Waals surface area contributed by atoms with E-state index in [0.29, 0.717) is 22.9 Å². The predicted octanol–water partition coefficient (Wildman–Crippen LogP) is 3.92. The molecule has 100 valence electrons. The van der Waals surface area contributed by atoms with Crippen molar-refractivity contribution in [1.29, 1.82) is 0 Å². The van der Waals surface area contributed by atoms with Gasteiger partial charge in [0.25, 0.3) is 0 Å². The molecule has 0 saturated heterocycles. The summed E-state index contributed by atoms with van der Waals surface area (Å²) in [6, 6.07) is 9.23. The Labute approximate surface area is 123 Å². The Morgan fingerprint density at radius 3 is 2.58 bits per heavy atom. The molecule has 0 fully saturated rings. The Hall–Kier alpha value is -1.09. The molecule has 2 nitrogen and oxygen atoms in total. The van der Waals surface area contributed by atoms with Crippen molar-refractivity contribution in [2.24, 2.45) is 0 Å². The molecule has 1 aromatic carbocycles. The highest BCUT2D eigenvalue weighted by Gasteiger charge is 2.09. The summed E-state index contributed by atoms with van der Waals surface area (Å²) < 4.78 is 0. The minimum atomic E-state index is -0.427. The molecular weight excluding hydrogens is 281 g/mol. The van der Waals surface area contributed by atoms with Crippen molar-refractivity contribution >= 4 is 23.2 Å². The van der Waals surface area contributed by atoms with E-state index in [0.717, 1.165) is 12.0 Å². The third-order valence-corrected chi connectivity index (χ3v) is 3.58. The highest BCUT2D eigenvalue weighted by molar-refractivity contribution is 6.33. The molecular formula is C15H15Cl2NO. The number of hydrogen-bond donors (Lipinski definition) is 1. The molecule has 4 heteroatoms. The first-order chi connectivity index (χ1) is 9.15. The van der Waals surface area contributed by atoms with Gasteiger partial charge in [-0.15, -0.1) is 0 Å². The van der Waals surface area contributed by atoms with Gasteiger partial charge in [0.15, 0.2) is 0 Å². The van der Waals surface area contributed by atoms with Crippen LogP contribution < -0.4 is 0 Å². The second kappa shape index (κ2) is 6.90. The second-order valence-electron chi connectivity index (χ2n) is 4.49. The van der Waals surface area contributed by atoms with Gasteiger partial charge in [0, 0.05) is 22.4 Å². The molecule has 0 saturated carbocycles. The molecule has 0 radical (unpaired) electrons. The zero-order valence-corrected chi connectivity index (χ0v) is 11.9. The quantitative estimate of drug-likeness (QED) is 0.907. The van der Waals surface area contributed by atoms with E-state index < -0.39 is 6.10 Å². The van der Waals surface area contributed by atoms with E-state index in [1.807, 2.05) is 12.1 Å². The molecule has 1 unspecified atom stereocenters. The van der Waals surface area contributed by atoms with Crippen molar-refractivity contribution in [3.8, 4) is 0 Å². The van der Waals surface area contributed by atoms with Gasteiger partial charge >= 0.3 is 0 Å². The number of aryl methyl sites for hydroxylation is 1. The third-order valence-electron chi connectivity index (χ3n) is 2.98. The number of hydrogen-bond acceptors (Lipinski definition) is 2. The molecule has 0 aliphatic carbocycles. The normalized spacial score (nSPS) is 12.4. The summed E-state index contributed by atoms with van der Waals surface area (Å²) in [6.07, 6.45) is 5.12. The van der Waals surface area contributed by atoms with E-state index in [9.17, 15) is 5.11 Å². The molecule has 1 atom stereocenters. The lowest BCUT2D eigenvalue weighted by Gasteiger charge is -2.12. The lowest BCUT2D eigenvalue weighted by Crippen LogP contribution is -2.12. The summed E-state index contributed by atoms with van der Waals surface area (Å²) in [5.41, 5.74) is 2.06. The van der Waals surface area contributed by atoms with Crippen LogP contribution in [0.2, 0.25) is 10.0 Å². The first kappa shape index (κ1) is 14.3. The molecule has 19 heavy (non-hydrogen) atoms. The maximum atomic E-state index is 10.1. The molecule has 2 aromatic rings. The molecule has 1 N–H and O–H groups in total. The van der Waals surface area contributed by atoms with Crippen molar-refractivity contribution in [2.75, 3.05) is 0 Å². The van der Waals surface area contributed by atoms with Crippen LogP contribution in [0, 0.1) is 0 Å². The molecule has 0 aliphatic rings. The van der Waals surface area contributed by atoms with Crippen LogP contribution in [0.3, 0.4) is 0 Å². The molecule has 0 spiro atoms. The van der Waals surface area contributed by atoms with Crippen LogP contribution >= 0.6 is 23.2 Å². The first-order valence-corrected chi connectivity index (χ1v) is 6.91. The van der Waals surface area contributed by atoms with E-state index in [1.165, 1.54) is 5.56 Å². The highest BCUT2D eigenvalue weighted by atomic mass is 35.5. The van der Waals surface area contributed by atoms with Crippen molar-refractivity contribution in [2.45, 2.75) is 25.4 Å². The van der Waals surface area contributed by atoms with Gasteiger partial charge in [-0.25, -0.2) is 0 Å². The van der Waals surface area contributed by atoms with Gasteiger partial charge in [-0.05, 0) is 60.7 Å². The largest absolute Gasteiger partial charge is 0.393 e. The Bertz CT molecular complexity index is 531. The van der Waals surface area contributed by atoms with Crippen molar-refractivity contribution in [1.82, 2.24) is 4.98 Å². The number of aliphatic hydroxyl groups is 1. The predicted molar refractivity (Wildman–Crippen MR) is 78.7 cm³/mol. The van der Waals surface area contributed by atoms with Crippen LogP contribution in [-0.2, 0) is 12.8 Å². The minimum absolute atomic E-state index is 0.427. The number of benzene rings is 1. The zero-order valence-electron chi connectivity index (χ0n) is 10.4. The summed E-state index contributed by atoms with van der Waals surface area (Å²) in [5, 5.41) is 11.3. The van der Waals surface area contributed by atoms with Crippen LogP contribution in [0.25, 0.3) is 0 Å². The van der Waals surface area contributed by atoms with Gasteiger partial charge in [0.2, 0.25) is 0 Å². The van der Waals surface area contributed by atoms with Crippen LogP contribution in [-0.4, -0.2) is 16.2 Å². The molecule has 1 heterocycles. The van der Waals surface area contributed by atoms with E-state index in [2.05, 4.69) is 4.98 Å². The fourth-order valence-corrected chi connectivity index (χ4v) is 2.33. The van der Waals surface area contributed by atoms with Crippen LogP contribution in [0.5, 0.6) is 0 Å². The Morgan fingerprint density at radius 2 is 1.84 bits per heavy atom. The first-order valence-electron chi connectivity index (χ1n) is 6.16. The summed E-state index contributed by atoms with van der Waals surface area (Å²) >= 11 is 12.0. The summed E-state index contributed by atoms with van der Waals surface area (Å²) in [5.74, 6) is 0. The topological polar surface area (TPSA) is 33.1 Å². The van der Waals surface area contributed by atoms with E-state index in [4.69, 9.17) is 23.2 Å². The van der Waals surface area contributed by atoms with Gasteiger partial charge in [0.1, 0.15) is 0 Å². The number of pyridine rings is 1. The lowest BCUT2D eigenvalue weighted by atomic mass is 10.0.